The average Bonchev–Trinajstić information content (AvgIpc) is 2.87. The van der Waals surface area contributed by atoms with Crippen LogP contribution >= 0.6 is 0 Å². The molecule has 0 bridgehead atoms. The highest BCUT2D eigenvalue weighted by Gasteiger charge is 2.24. The highest BCUT2D eigenvalue weighted by Crippen LogP contribution is 2.37. The Morgan fingerprint density at radius 2 is 1.70 bits per heavy atom. The monoisotopic (exact) mass is 509 g/mol. The number of rotatable bonds is 5. The number of alkyl halides is 3. The first-order valence-corrected chi connectivity index (χ1v) is 12.7. The van der Waals surface area contributed by atoms with Crippen molar-refractivity contribution in [2.24, 2.45) is 5.92 Å². The van der Waals surface area contributed by atoms with Crippen LogP contribution in [0.5, 0.6) is 0 Å². The lowest BCUT2D eigenvalue weighted by molar-refractivity contribution is -0.0696. The zero-order valence-corrected chi connectivity index (χ0v) is 20.7. The molecule has 2 aromatic carbocycles. The van der Waals surface area contributed by atoms with Crippen LogP contribution in [0.25, 0.3) is 10.8 Å². The molecule has 3 aromatic rings. The fourth-order valence-electron chi connectivity index (χ4n) is 4.98. The summed E-state index contributed by atoms with van der Waals surface area (Å²) >= 11 is 0. The summed E-state index contributed by atoms with van der Waals surface area (Å²) in [6, 6.07) is 9.32. The van der Waals surface area contributed by atoms with E-state index in [0.29, 0.717) is 17.2 Å². The Hall–Kier alpha value is -3.38. The van der Waals surface area contributed by atoms with E-state index in [1.54, 1.807) is 5.92 Å². The Labute approximate surface area is 214 Å². The first kappa shape index (κ1) is 26.7. The van der Waals surface area contributed by atoms with Gasteiger partial charge in [0.1, 0.15) is 17.3 Å². The summed E-state index contributed by atoms with van der Waals surface area (Å²) in [7, 11) is 0. The maximum absolute atomic E-state index is 14.6. The van der Waals surface area contributed by atoms with Crippen LogP contribution in [0.2, 0.25) is 0 Å². The second-order valence-electron chi connectivity index (χ2n) is 9.67. The van der Waals surface area contributed by atoms with E-state index in [4.69, 9.17) is 0 Å². The summed E-state index contributed by atoms with van der Waals surface area (Å²) in [5.41, 5.74) is 1.43. The third-order valence-corrected chi connectivity index (χ3v) is 7.01. The van der Waals surface area contributed by atoms with E-state index >= 15 is 0 Å². The largest absolute Gasteiger partial charge is 0.458 e. The summed E-state index contributed by atoms with van der Waals surface area (Å²) in [6.07, 6.45) is 7.24. The van der Waals surface area contributed by atoms with Gasteiger partial charge < -0.3 is 0 Å². The molecular formula is C31H28F5N. The molecule has 0 radical (unpaired) electrons. The smallest absolute Gasteiger partial charge is 0.247 e. The normalized spacial score (nSPS) is 17.6. The average molecular weight is 510 g/mol. The van der Waals surface area contributed by atoms with Crippen LogP contribution in [0, 0.1) is 41.2 Å². The molecule has 1 fully saturated rings. The van der Waals surface area contributed by atoms with E-state index in [2.05, 4.69) is 29.8 Å². The van der Waals surface area contributed by atoms with Crippen LogP contribution in [-0.2, 0) is 0 Å². The molecule has 1 aromatic heterocycles. The number of pyridine rings is 1. The number of benzene rings is 2. The molecule has 0 aliphatic heterocycles. The molecule has 0 amide bonds. The van der Waals surface area contributed by atoms with Crippen molar-refractivity contribution in [3.63, 3.8) is 0 Å². The Morgan fingerprint density at radius 3 is 2.38 bits per heavy atom. The topological polar surface area (TPSA) is 12.9 Å². The highest BCUT2D eigenvalue weighted by atomic mass is 19.4. The zero-order chi connectivity index (χ0) is 26.4. The molecule has 6 heteroatoms. The van der Waals surface area contributed by atoms with E-state index in [0.717, 1.165) is 17.9 Å². The molecular weight excluding hydrogens is 481 g/mol. The van der Waals surface area contributed by atoms with E-state index in [9.17, 15) is 22.0 Å². The second-order valence-corrected chi connectivity index (χ2v) is 9.67. The Kier molecular flexibility index (Phi) is 8.49. The molecule has 192 valence electrons. The number of halogens is 5. The maximum atomic E-state index is 14.6. The van der Waals surface area contributed by atoms with Crippen LogP contribution in [0.1, 0.15) is 86.6 Å². The number of aromatic nitrogens is 1. The number of hydrogen-bond acceptors (Lipinski definition) is 1. The fraction of sp³-hybridized carbons (Fsp3) is 0.387. The first-order valence-electron chi connectivity index (χ1n) is 12.7. The molecule has 1 nitrogen and oxygen atoms in total. The minimum Gasteiger partial charge on any atom is -0.247 e. The third kappa shape index (κ3) is 7.10. The minimum atomic E-state index is -4.84. The quantitative estimate of drug-likeness (QED) is 0.190. The third-order valence-electron chi connectivity index (χ3n) is 7.01. The van der Waals surface area contributed by atoms with Gasteiger partial charge in [-0.3, -0.25) is 0 Å². The molecule has 1 aliphatic carbocycles. The highest BCUT2D eigenvalue weighted by molar-refractivity contribution is 5.86. The van der Waals surface area contributed by atoms with Gasteiger partial charge in [0.05, 0.1) is 5.56 Å². The van der Waals surface area contributed by atoms with Gasteiger partial charge in [0.2, 0.25) is 0 Å². The van der Waals surface area contributed by atoms with Gasteiger partial charge in [0.15, 0.2) is 0 Å². The van der Waals surface area contributed by atoms with Crippen molar-refractivity contribution in [3.8, 4) is 23.7 Å². The summed E-state index contributed by atoms with van der Waals surface area (Å²) in [5.74, 6) is 7.49. The van der Waals surface area contributed by atoms with Gasteiger partial charge in [-0.2, -0.15) is 13.2 Å². The lowest BCUT2D eigenvalue weighted by atomic mass is 9.77. The molecule has 0 spiro atoms. The van der Waals surface area contributed by atoms with Crippen molar-refractivity contribution in [3.05, 3.63) is 76.6 Å². The van der Waals surface area contributed by atoms with Gasteiger partial charge in [-0.15, -0.1) is 0 Å². The lowest BCUT2D eigenvalue weighted by Crippen LogP contribution is -2.13. The van der Waals surface area contributed by atoms with Crippen molar-refractivity contribution < 1.29 is 22.0 Å². The summed E-state index contributed by atoms with van der Waals surface area (Å²) in [5, 5.41) is 0.161. The van der Waals surface area contributed by atoms with E-state index in [1.807, 2.05) is 12.3 Å². The maximum Gasteiger partial charge on any atom is 0.458 e. The summed E-state index contributed by atoms with van der Waals surface area (Å²) in [6.45, 7) is 2.24. The molecule has 1 saturated carbocycles. The molecule has 0 N–H and O–H groups in total. The molecule has 0 unspecified atom stereocenters. The van der Waals surface area contributed by atoms with E-state index in [1.165, 1.54) is 75.1 Å². The van der Waals surface area contributed by atoms with Crippen molar-refractivity contribution in [1.82, 2.24) is 4.98 Å². The molecule has 0 saturated heterocycles. The lowest BCUT2D eigenvalue weighted by Gasteiger charge is -2.28. The van der Waals surface area contributed by atoms with Crippen molar-refractivity contribution in [2.45, 2.75) is 70.4 Å². The van der Waals surface area contributed by atoms with Crippen molar-refractivity contribution in [1.29, 1.82) is 0 Å². The van der Waals surface area contributed by atoms with Crippen molar-refractivity contribution >= 4 is 10.8 Å². The van der Waals surface area contributed by atoms with E-state index in [-0.39, 0.29) is 10.8 Å². The fourth-order valence-corrected chi connectivity index (χ4v) is 4.98. The first-order chi connectivity index (χ1) is 17.7. The predicted octanol–water partition coefficient (Wildman–Crippen LogP) is 8.68. The predicted molar refractivity (Wildman–Crippen MR) is 136 cm³/mol. The standard InChI is InChI=1S/C31H28F5N/c1-2-3-4-5-21-6-10-23(11-7-21)24-12-14-26(37-20-24)13-8-22-9-15-27-25(18-22)19-29(32)28(30(27)33)16-17-31(34,35)36/h9,12,14-15,18-21,23H,2-7,10-11H2,1H3. The van der Waals surface area contributed by atoms with Crippen LogP contribution in [-0.4, -0.2) is 11.2 Å². The molecule has 4 rings (SSSR count). The molecule has 37 heavy (non-hydrogen) atoms. The molecule has 1 aliphatic rings. The van der Waals surface area contributed by atoms with Gasteiger partial charge in [-0.05, 0) is 78.7 Å². The Bertz CT molecular complexity index is 1360. The van der Waals surface area contributed by atoms with Crippen LogP contribution in [0.4, 0.5) is 22.0 Å². The Balaban J connectivity index is 1.44. The van der Waals surface area contributed by atoms with Gasteiger partial charge in [-0.25, -0.2) is 13.8 Å². The van der Waals surface area contributed by atoms with E-state index < -0.39 is 23.4 Å². The number of nitrogens with zero attached hydrogens (tertiary/aromatic N) is 1. The SMILES string of the molecule is CCCCCC1CCC(c2ccc(C#Cc3ccc4c(F)c(C#CC(F)(F)F)c(F)cc4c3)nc2)CC1. The van der Waals surface area contributed by atoms with Gasteiger partial charge in [-0.1, -0.05) is 56.6 Å². The van der Waals surface area contributed by atoms with Crippen LogP contribution < -0.4 is 0 Å². The number of fused-ring (bicyclic) bond motifs is 1. The summed E-state index contributed by atoms with van der Waals surface area (Å²) in [4.78, 5) is 4.49. The van der Waals surface area contributed by atoms with Gasteiger partial charge >= 0.3 is 6.18 Å². The molecule has 1 heterocycles. The summed E-state index contributed by atoms with van der Waals surface area (Å²) < 4.78 is 65.9. The van der Waals surface area contributed by atoms with Crippen molar-refractivity contribution in [2.75, 3.05) is 0 Å². The number of unbranched alkanes of at least 4 members (excludes halogenated alkanes) is 2. The van der Waals surface area contributed by atoms with Crippen LogP contribution in [0.3, 0.4) is 0 Å². The zero-order valence-electron chi connectivity index (χ0n) is 20.7. The Morgan fingerprint density at radius 1 is 0.919 bits per heavy atom. The van der Waals surface area contributed by atoms with Gasteiger partial charge in [0.25, 0.3) is 0 Å². The molecule has 0 atom stereocenters. The van der Waals surface area contributed by atoms with Gasteiger partial charge in [0, 0.05) is 23.1 Å². The second kappa shape index (κ2) is 11.8. The van der Waals surface area contributed by atoms with Crippen LogP contribution in [0.15, 0.2) is 42.6 Å². The number of hydrogen-bond donors (Lipinski definition) is 0. The minimum absolute atomic E-state index is 0.0269.